The molecule has 7 nitrogen and oxygen atoms in total. The minimum Gasteiger partial charge on any atom is -0.493 e. The Balaban J connectivity index is 1.37. The lowest BCUT2D eigenvalue weighted by atomic mass is 10.0. The van der Waals surface area contributed by atoms with Gasteiger partial charge in [-0.15, -0.1) is 0 Å². The zero-order valence-corrected chi connectivity index (χ0v) is 20.2. The maximum atomic E-state index is 5.60. The summed E-state index contributed by atoms with van der Waals surface area (Å²) in [6.07, 6.45) is 2.24. The van der Waals surface area contributed by atoms with Crippen molar-refractivity contribution < 1.29 is 9.47 Å². The molecule has 2 aliphatic heterocycles. The predicted molar refractivity (Wildman–Crippen MR) is 138 cm³/mol. The van der Waals surface area contributed by atoms with Gasteiger partial charge in [-0.2, -0.15) is 0 Å². The quantitative estimate of drug-likeness (QED) is 0.556. The van der Waals surface area contributed by atoms with E-state index in [2.05, 4.69) is 62.9 Å². The summed E-state index contributed by atoms with van der Waals surface area (Å²) in [5.41, 5.74) is 3.44. The van der Waals surface area contributed by atoms with Crippen LogP contribution < -0.4 is 25.0 Å². The largest absolute Gasteiger partial charge is 0.493 e. The SMILES string of the molecule is COc1cc2nc(N3CCNCC3)cc(NC3CCN(Cc4ccccc4)CC3)c2cc1OC. The van der Waals surface area contributed by atoms with Gasteiger partial charge in [0.25, 0.3) is 0 Å². The summed E-state index contributed by atoms with van der Waals surface area (Å²) in [7, 11) is 3.36. The first-order valence-electron chi connectivity index (χ1n) is 12.3. The second-order valence-corrected chi connectivity index (χ2v) is 9.17. The molecule has 0 saturated carbocycles. The fourth-order valence-electron chi connectivity index (χ4n) is 5.01. The molecular weight excluding hydrogens is 426 g/mol. The highest BCUT2D eigenvalue weighted by molar-refractivity contribution is 5.95. The van der Waals surface area contributed by atoms with E-state index in [-0.39, 0.29) is 0 Å². The van der Waals surface area contributed by atoms with Crippen LogP contribution in [0.25, 0.3) is 10.9 Å². The van der Waals surface area contributed by atoms with E-state index in [0.29, 0.717) is 11.8 Å². The van der Waals surface area contributed by atoms with Crippen molar-refractivity contribution in [2.45, 2.75) is 25.4 Å². The summed E-state index contributed by atoms with van der Waals surface area (Å²) in [4.78, 5) is 9.93. The molecule has 2 N–H and O–H groups in total. The van der Waals surface area contributed by atoms with Crippen molar-refractivity contribution >= 4 is 22.4 Å². The Morgan fingerprint density at radius 1 is 0.941 bits per heavy atom. The molecule has 2 aliphatic rings. The van der Waals surface area contributed by atoms with Crippen LogP contribution in [0.4, 0.5) is 11.5 Å². The van der Waals surface area contributed by atoms with Crippen molar-refractivity contribution in [2.75, 3.05) is 63.7 Å². The third-order valence-electron chi connectivity index (χ3n) is 6.94. The first kappa shape index (κ1) is 22.7. The Hall–Kier alpha value is -3.03. The van der Waals surface area contributed by atoms with Crippen LogP contribution in [0.1, 0.15) is 18.4 Å². The molecule has 0 aliphatic carbocycles. The van der Waals surface area contributed by atoms with Gasteiger partial charge in [-0.05, 0) is 24.5 Å². The fourth-order valence-corrected chi connectivity index (χ4v) is 5.01. The van der Waals surface area contributed by atoms with E-state index in [1.165, 1.54) is 5.56 Å². The topological polar surface area (TPSA) is 61.9 Å². The Bertz CT molecular complexity index is 1090. The van der Waals surface area contributed by atoms with Crippen LogP contribution in [-0.4, -0.2) is 69.4 Å². The molecule has 0 radical (unpaired) electrons. The van der Waals surface area contributed by atoms with E-state index >= 15 is 0 Å². The molecule has 3 aromatic rings. The highest BCUT2D eigenvalue weighted by Gasteiger charge is 2.22. The minimum absolute atomic E-state index is 0.432. The highest BCUT2D eigenvalue weighted by atomic mass is 16.5. The van der Waals surface area contributed by atoms with Crippen molar-refractivity contribution in [1.82, 2.24) is 15.2 Å². The Morgan fingerprint density at radius 3 is 2.35 bits per heavy atom. The van der Waals surface area contributed by atoms with Gasteiger partial charge in [0, 0.05) is 75.1 Å². The maximum Gasteiger partial charge on any atom is 0.162 e. The Morgan fingerprint density at radius 2 is 1.65 bits per heavy atom. The average molecular weight is 462 g/mol. The summed E-state index contributed by atoms with van der Waals surface area (Å²) in [5, 5.41) is 8.37. The van der Waals surface area contributed by atoms with Crippen LogP contribution in [0.5, 0.6) is 11.5 Å². The van der Waals surface area contributed by atoms with E-state index in [4.69, 9.17) is 14.5 Å². The molecule has 2 fully saturated rings. The summed E-state index contributed by atoms with van der Waals surface area (Å²) in [6.45, 7) is 7.10. The van der Waals surface area contributed by atoms with Crippen LogP contribution >= 0.6 is 0 Å². The molecule has 0 unspecified atom stereocenters. The molecule has 34 heavy (non-hydrogen) atoms. The maximum absolute atomic E-state index is 5.60. The number of piperidine rings is 1. The molecular formula is C27H35N5O2. The van der Waals surface area contributed by atoms with Crippen LogP contribution in [0.15, 0.2) is 48.5 Å². The monoisotopic (exact) mass is 461 g/mol. The van der Waals surface area contributed by atoms with Gasteiger partial charge in [0.2, 0.25) is 0 Å². The van der Waals surface area contributed by atoms with Gasteiger partial charge in [-0.1, -0.05) is 30.3 Å². The third-order valence-corrected chi connectivity index (χ3v) is 6.94. The summed E-state index contributed by atoms with van der Waals surface area (Å²) in [5.74, 6) is 2.46. The third kappa shape index (κ3) is 5.05. The number of rotatable bonds is 7. The van der Waals surface area contributed by atoms with Crippen molar-refractivity contribution in [2.24, 2.45) is 0 Å². The normalized spacial score (nSPS) is 17.6. The van der Waals surface area contributed by atoms with Crippen molar-refractivity contribution in [3.8, 4) is 11.5 Å². The number of nitrogens with zero attached hydrogens (tertiary/aromatic N) is 3. The van der Waals surface area contributed by atoms with E-state index in [1.54, 1.807) is 14.2 Å². The number of nitrogens with one attached hydrogen (secondary N) is 2. The average Bonchev–Trinajstić information content (AvgIpc) is 2.90. The number of ether oxygens (including phenoxy) is 2. The molecule has 2 aromatic carbocycles. The number of benzene rings is 2. The van der Waals surface area contributed by atoms with Crippen LogP contribution in [0, 0.1) is 0 Å². The van der Waals surface area contributed by atoms with Crippen LogP contribution in [0.2, 0.25) is 0 Å². The number of fused-ring (bicyclic) bond motifs is 1. The van der Waals surface area contributed by atoms with E-state index in [9.17, 15) is 0 Å². The number of pyridine rings is 1. The van der Waals surface area contributed by atoms with E-state index < -0.39 is 0 Å². The molecule has 7 heteroatoms. The van der Waals surface area contributed by atoms with Crippen molar-refractivity contribution in [3.05, 3.63) is 54.1 Å². The predicted octanol–water partition coefficient (Wildman–Crippen LogP) is 3.74. The minimum atomic E-state index is 0.432. The van der Waals surface area contributed by atoms with Gasteiger partial charge in [0.05, 0.1) is 19.7 Å². The van der Waals surface area contributed by atoms with Gasteiger partial charge in [0.1, 0.15) is 5.82 Å². The summed E-state index contributed by atoms with van der Waals surface area (Å²) in [6, 6.07) is 17.5. The summed E-state index contributed by atoms with van der Waals surface area (Å²) < 4.78 is 11.2. The molecule has 1 aromatic heterocycles. The van der Waals surface area contributed by atoms with E-state index in [1.807, 2.05) is 6.07 Å². The number of aromatic nitrogens is 1. The Labute approximate surface area is 202 Å². The van der Waals surface area contributed by atoms with Crippen LogP contribution in [0.3, 0.4) is 0 Å². The van der Waals surface area contributed by atoms with Gasteiger partial charge < -0.3 is 25.0 Å². The van der Waals surface area contributed by atoms with Gasteiger partial charge in [-0.3, -0.25) is 4.90 Å². The standard InChI is InChI=1S/C27H35N5O2/c1-33-25-16-22-23(17-26(25)34-2)30-27(32-14-10-28-11-15-32)18-24(22)29-21-8-12-31(13-9-21)19-20-6-4-3-5-7-20/h3-7,16-18,21,28H,8-15,19H2,1-2H3,(H,29,30). The number of likely N-dealkylation sites (tertiary alicyclic amines) is 1. The number of hydrogen-bond acceptors (Lipinski definition) is 7. The molecule has 0 atom stereocenters. The molecule has 3 heterocycles. The highest BCUT2D eigenvalue weighted by Crippen LogP contribution is 2.37. The summed E-state index contributed by atoms with van der Waals surface area (Å²) >= 11 is 0. The van der Waals surface area contributed by atoms with Gasteiger partial charge in [-0.25, -0.2) is 4.98 Å². The number of hydrogen-bond donors (Lipinski definition) is 2. The molecule has 0 bridgehead atoms. The van der Waals surface area contributed by atoms with Crippen molar-refractivity contribution in [1.29, 1.82) is 0 Å². The molecule has 180 valence electrons. The Kier molecular flexibility index (Phi) is 7.02. The number of piperazine rings is 1. The lowest BCUT2D eigenvalue weighted by Gasteiger charge is -2.34. The molecule has 0 amide bonds. The first-order valence-corrected chi connectivity index (χ1v) is 12.3. The molecule has 0 spiro atoms. The van der Waals surface area contributed by atoms with E-state index in [0.717, 1.165) is 86.8 Å². The zero-order chi connectivity index (χ0) is 23.3. The first-order chi connectivity index (χ1) is 16.7. The zero-order valence-electron chi connectivity index (χ0n) is 20.2. The van der Waals surface area contributed by atoms with Crippen LogP contribution in [-0.2, 0) is 6.54 Å². The lowest BCUT2D eigenvalue weighted by Crippen LogP contribution is -2.44. The number of anilines is 2. The van der Waals surface area contributed by atoms with Gasteiger partial charge in [0.15, 0.2) is 11.5 Å². The second-order valence-electron chi connectivity index (χ2n) is 9.17. The van der Waals surface area contributed by atoms with Gasteiger partial charge >= 0.3 is 0 Å². The van der Waals surface area contributed by atoms with Crippen molar-refractivity contribution in [3.63, 3.8) is 0 Å². The smallest absolute Gasteiger partial charge is 0.162 e. The molecule has 2 saturated heterocycles. The molecule has 5 rings (SSSR count). The number of methoxy groups -OCH3 is 2. The lowest BCUT2D eigenvalue weighted by molar-refractivity contribution is 0.211. The second kappa shape index (κ2) is 10.5. The fraction of sp³-hybridized carbons (Fsp3) is 0.444.